The van der Waals surface area contributed by atoms with Crippen molar-refractivity contribution in [1.29, 1.82) is 0 Å². The van der Waals surface area contributed by atoms with Crippen LogP contribution in [0.3, 0.4) is 0 Å². The van der Waals surface area contributed by atoms with E-state index in [1.807, 2.05) is 0 Å². The quantitative estimate of drug-likeness (QED) is 0.406. The van der Waals surface area contributed by atoms with Crippen LogP contribution in [0.25, 0.3) is 0 Å². The Hall–Kier alpha value is 10.1. The summed E-state index contributed by atoms with van der Waals surface area (Å²) in [5.41, 5.74) is 1.54. The van der Waals surface area contributed by atoms with Crippen LogP contribution >= 0.6 is 0 Å². The minimum Gasteiger partial charge on any atom is -0.410 e. The number of rotatable bonds is 1. The molecule has 0 aromatic carbocycles. The van der Waals surface area contributed by atoms with Crippen molar-refractivity contribution in [2.75, 3.05) is 0 Å². The van der Waals surface area contributed by atoms with Gasteiger partial charge in [0.1, 0.15) is 0 Å². The van der Waals surface area contributed by atoms with Gasteiger partial charge >= 0.3 is 0 Å². The third-order valence-electron chi connectivity index (χ3n) is 1.13. The minimum absolute atomic E-state index is 0. The molecule has 0 aliphatic carbocycles. The standard InChI is InChI=1S/C6H7N2O.10Y/c1-5-6(4-9)2-3-7-8-5;;;;;;;;;;/h2,9H,4H2,1H3;;;;;;;;;;/q-1;;;;;;;;;;. The predicted octanol–water partition coefficient (Wildman–Crippen LogP) is 0.0525. The van der Waals surface area contributed by atoms with E-state index in [2.05, 4.69) is 16.4 Å². The Labute approximate surface area is 367 Å². The molecule has 0 aliphatic rings. The zero-order chi connectivity index (χ0) is 6.69. The molecule has 1 aromatic heterocycles. The van der Waals surface area contributed by atoms with E-state index in [0.717, 1.165) is 11.3 Å². The van der Waals surface area contributed by atoms with E-state index < -0.39 is 0 Å². The van der Waals surface area contributed by atoms with Crippen LogP contribution in [0.4, 0.5) is 0 Å². The van der Waals surface area contributed by atoms with Gasteiger partial charge in [0.15, 0.2) is 0 Å². The van der Waals surface area contributed by atoms with E-state index in [-0.39, 0.29) is 334 Å². The van der Waals surface area contributed by atoms with Gasteiger partial charge in [-0.15, -0.1) is 11.8 Å². The van der Waals surface area contributed by atoms with Crippen LogP contribution in [0.5, 0.6) is 0 Å². The van der Waals surface area contributed by atoms with E-state index in [1.165, 1.54) is 0 Å². The summed E-state index contributed by atoms with van der Waals surface area (Å²) in [6.45, 7) is 1.81. The second-order valence-electron chi connectivity index (χ2n) is 1.74. The van der Waals surface area contributed by atoms with Crippen molar-refractivity contribution in [1.82, 2.24) is 10.2 Å². The summed E-state index contributed by atoms with van der Waals surface area (Å²) in [5, 5.41) is 15.8. The van der Waals surface area contributed by atoms with Crippen molar-refractivity contribution in [3.8, 4) is 0 Å². The summed E-state index contributed by atoms with van der Waals surface area (Å²) in [7, 11) is 0. The Kier molecular flexibility index (Phi) is 154. The maximum Gasteiger partial charge on any atom is 0.00484 e. The number of aromatic nitrogens is 2. The van der Waals surface area contributed by atoms with Gasteiger partial charge in [0.25, 0.3) is 0 Å². The molecule has 0 unspecified atom stereocenters. The normalized spacial score (nSPS) is 4.53. The van der Waals surface area contributed by atoms with Crippen LogP contribution in [0, 0.1) is 13.1 Å². The van der Waals surface area contributed by atoms with Gasteiger partial charge in [0.05, 0.1) is 0 Å². The molecule has 0 aliphatic heterocycles. The molecule has 0 saturated heterocycles. The molecule has 1 N–H and O–H groups in total. The zero-order valence-corrected chi connectivity index (χ0v) is 39.3. The Morgan fingerprint density at radius 1 is 0.895 bits per heavy atom. The summed E-state index contributed by atoms with van der Waals surface area (Å²) in [6, 6.07) is 1.63. The molecule has 1 heterocycles. The minimum atomic E-state index is 0. The number of hydrogen-bond donors (Lipinski definition) is 1. The first kappa shape index (κ1) is 63.0. The van der Waals surface area contributed by atoms with Crippen molar-refractivity contribution in [3.63, 3.8) is 0 Å². The van der Waals surface area contributed by atoms with Crippen molar-refractivity contribution in [2.45, 2.75) is 13.5 Å². The summed E-state index contributed by atoms with van der Waals surface area (Å²) in [5.74, 6) is 0. The first-order valence-electron chi connectivity index (χ1n) is 2.64. The van der Waals surface area contributed by atoms with Crippen molar-refractivity contribution >= 4 is 0 Å². The fourth-order valence-corrected chi connectivity index (χ4v) is 0.539. The molecule has 19 heavy (non-hydrogen) atoms. The Bertz CT molecular complexity index is 219. The van der Waals surface area contributed by atoms with Crippen LogP contribution in [0.15, 0.2) is 6.07 Å². The second kappa shape index (κ2) is 46.3. The average molecular weight is 1010 g/mol. The van der Waals surface area contributed by atoms with Crippen LogP contribution < -0.4 is 0 Å². The van der Waals surface area contributed by atoms with Crippen molar-refractivity contribution < 1.29 is 332 Å². The van der Waals surface area contributed by atoms with Gasteiger partial charge in [-0.3, -0.25) is 5.10 Å². The smallest absolute Gasteiger partial charge is 0.00484 e. The fraction of sp³-hybridized carbons (Fsp3) is 0.333. The van der Waals surface area contributed by atoms with Crippen LogP contribution in [0.1, 0.15) is 11.3 Å². The first-order chi connectivity index (χ1) is 4.34. The van der Waals surface area contributed by atoms with Crippen LogP contribution in [-0.4, -0.2) is 15.3 Å². The van der Waals surface area contributed by atoms with Crippen molar-refractivity contribution in [3.05, 3.63) is 23.5 Å². The molecule has 13 heteroatoms. The van der Waals surface area contributed by atoms with Gasteiger partial charge in [0.2, 0.25) is 0 Å². The number of hydrogen-bond acceptors (Lipinski definition) is 3. The van der Waals surface area contributed by atoms with Gasteiger partial charge in [-0.1, -0.05) is 0 Å². The van der Waals surface area contributed by atoms with Crippen LogP contribution in [-0.2, 0) is 334 Å². The van der Waals surface area contributed by atoms with Gasteiger partial charge in [0, 0.05) is 334 Å². The monoisotopic (exact) mass is 1010 g/mol. The molecular formula is C6H7N2OY10-. The largest absolute Gasteiger partial charge is 0.410 e. The molecule has 1 aromatic rings. The molecule has 0 atom stereocenters. The van der Waals surface area contributed by atoms with E-state index in [4.69, 9.17) is 5.11 Å². The fourth-order valence-electron chi connectivity index (χ4n) is 0.539. The summed E-state index contributed by atoms with van der Waals surface area (Å²) in [4.78, 5) is 0. The topological polar surface area (TPSA) is 46.0 Å². The number of nitrogens with zero attached hydrogens (tertiary/aromatic N) is 2. The van der Waals surface area contributed by atoms with Crippen molar-refractivity contribution in [2.24, 2.45) is 0 Å². The molecule has 0 bridgehead atoms. The predicted molar refractivity (Wildman–Crippen MR) is 31.5 cm³/mol. The number of aryl methyl sites for hydroxylation is 1. The average Bonchev–Trinajstić information content (AvgIpc) is 1.89. The van der Waals surface area contributed by atoms with Gasteiger partial charge in [-0.2, -0.15) is 5.10 Å². The molecule has 0 amide bonds. The van der Waals surface area contributed by atoms with Gasteiger partial charge in [-0.25, -0.2) is 6.07 Å². The Morgan fingerprint density at radius 2 is 1.26 bits per heavy atom. The summed E-state index contributed by atoms with van der Waals surface area (Å²) in [6.07, 6.45) is 2.53. The molecule has 0 spiro atoms. The molecule has 78 valence electrons. The number of aliphatic hydroxyl groups is 1. The molecule has 10 radical (unpaired) electrons. The molecule has 0 fully saturated rings. The van der Waals surface area contributed by atoms with E-state index in [9.17, 15) is 0 Å². The molecule has 0 saturated carbocycles. The van der Waals surface area contributed by atoms with Gasteiger partial charge in [-0.05, 0) is 12.6 Å². The summed E-state index contributed by atoms with van der Waals surface area (Å²) < 4.78 is 0. The second-order valence-corrected chi connectivity index (χ2v) is 1.74. The molecular weight excluding hydrogens is 1010 g/mol. The third-order valence-corrected chi connectivity index (χ3v) is 1.13. The SMILES string of the molecule is Cc1nn[c-]cc1CO.[Y].[Y].[Y].[Y].[Y].[Y].[Y].[Y].[Y].[Y]. The maximum absolute atomic E-state index is 8.63. The van der Waals surface area contributed by atoms with Crippen LogP contribution in [0.2, 0.25) is 0 Å². The Balaban J connectivity index is -0.0000000101. The zero-order valence-electron chi connectivity index (χ0n) is 10.9. The van der Waals surface area contributed by atoms with E-state index in [1.54, 1.807) is 13.0 Å². The molecule has 1 rings (SSSR count). The maximum atomic E-state index is 8.63. The summed E-state index contributed by atoms with van der Waals surface area (Å²) >= 11 is 0. The molecule has 3 nitrogen and oxygen atoms in total. The number of aliphatic hydroxyl groups excluding tert-OH is 1. The Morgan fingerprint density at radius 3 is 1.47 bits per heavy atom. The van der Waals surface area contributed by atoms with E-state index >= 15 is 0 Å². The first-order valence-corrected chi connectivity index (χ1v) is 2.64. The third kappa shape index (κ3) is 35.9. The van der Waals surface area contributed by atoms with Gasteiger partial charge < -0.3 is 5.11 Å². The van der Waals surface area contributed by atoms with E-state index in [0.29, 0.717) is 0 Å².